The van der Waals surface area contributed by atoms with Crippen molar-refractivity contribution in [2.75, 3.05) is 31.6 Å². The summed E-state index contributed by atoms with van der Waals surface area (Å²) in [7, 11) is 0. The second kappa shape index (κ2) is 24.1. The lowest BCUT2D eigenvalue weighted by Gasteiger charge is -2.35. The van der Waals surface area contributed by atoms with Crippen LogP contribution in [0.1, 0.15) is 93.8 Å². The highest BCUT2D eigenvalue weighted by atomic mass is 127. The van der Waals surface area contributed by atoms with Gasteiger partial charge in [0.05, 0.1) is 45.7 Å². The maximum absolute atomic E-state index is 14.7. The van der Waals surface area contributed by atoms with Gasteiger partial charge in [-0.15, -0.1) is 11.3 Å². The minimum atomic E-state index is -1.32. The van der Waals surface area contributed by atoms with E-state index in [2.05, 4.69) is 31.7 Å². The lowest BCUT2D eigenvalue weighted by atomic mass is 9.85. The molecule has 0 aliphatic carbocycles. The van der Waals surface area contributed by atoms with Crippen LogP contribution in [0.4, 0.5) is 24.5 Å². The number of aliphatic hydroxyl groups is 1. The van der Waals surface area contributed by atoms with Gasteiger partial charge in [-0.3, -0.25) is 24.0 Å². The van der Waals surface area contributed by atoms with Gasteiger partial charge >= 0.3 is 0 Å². The number of rotatable bonds is 22. The van der Waals surface area contributed by atoms with Crippen molar-refractivity contribution >= 4 is 68.9 Å². The van der Waals surface area contributed by atoms with Crippen molar-refractivity contribution in [2.45, 2.75) is 104 Å². The first-order chi connectivity index (χ1) is 30.5. The van der Waals surface area contributed by atoms with Gasteiger partial charge in [-0.25, -0.2) is 23.6 Å². The van der Waals surface area contributed by atoms with E-state index in [1.807, 2.05) is 80.1 Å². The number of nitrogens with one attached hydrogen (secondary N) is 5. The van der Waals surface area contributed by atoms with Crippen molar-refractivity contribution in [1.82, 2.24) is 31.3 Å². The van der Waals surface area contributed by atoms with Gasteiger partial charge < -0.3 is 31.3 Å². The number of aryl methyl sites for hydroxylation is 1. The molecular weight excluding hydrogens is 963 g/mol. The summed E-state index contributed by atoms with van der Waals surface area (Å²) in [6, 6.07) is 12.2. The molecule has 1 saturated heterocycles. The highest BCUT2D eigenvalue weighted by molar-refractivity contribution is 14.1. The van der Waals surface area contributed by atoms with Crippen molar-refractivity contribution in [2.24, 2.45) is 5.41 Å². The van der Waals surface area contributed by atoms with Gasteiger partial charge in [0.1, 0.15) is 17.9 Å². The molecule has 5 rings (SSSR count). The van der Waals surface area contributed by atoms with Gasteiger partial charge in [0.2, 0.25) is 17.7 Å². The molecule has 0 spiro atoms. The molecule has 2 heterocycles. The van der Waals surface area contributed by atoms with Crippen molar-refractivity contribution < 1.29 is 42.3 Å². The minimum absolute atomic E-state index is 0.00441. The number of thiazole rings is 1. The molecule has 0 bridgehead atoms. The fourth-order valence-corrected chi connectivity index (χ4v) is 8.50. The van der Waals surface area contributed by atoms with Crippen molar-refractivity contribution in [3.05, 3.63) is 98.0 Å². The molecule has 18 heteroatoms. The smallest absolute Gasteiger partial charge is 0.277 e. The normalized spacial score (nSPS) is 15.5. The van der Waals surface area contributed by atoms with E-state index in [1.54, 1.807) is 17.4 Å². The molecule has 13 nitrogen and oxygen atoms in total. The Kier molecular flexibility index (Phi) is 18.9. The van der Waals surface area contributed by atoms with Crippen LogP contribution in [0, 0.1) is 33.4 Å². The maximum atomic E-state index is 14.7. The predicted molar refractivity (Wildman–Crippen MR) is 249 cm³/mol. The molecule has 1 aliphatic rings. The van der Waals surface area contributed by atoms with E-state index in [1.165, 1.54) is 17.0 Å². The third-order valence-corrected chi connectivity index (χ3v) is 12.4. The molecule has 3 aromatic carbocycles. The molecule has 0 saturated carbocycles. The molecular formula is C46H57F3IN7O6S. The summed E-state index contributed by atoms with van der Waals surface area (Å²) in [4.78, 5) is 65.2. The number of nitrogens with zero attached hydrogens (tertiary/aromatic N) is 2. The average molecular weight is 1020 g/mol. The number of carbonyl (C=O) groups is 4. The van der Waals surface area contributed by atoms with Crippen molar-refractivity contribution in [3.8, 4) is 10.4 Å². The second-order valence-electron chi connectivity index (χ2n) is 16.9. The van der Waals surface area contributed by atoms with Crippen LogP contribution in [-0.2, 0) is 25.8 Å². The van der Waals surface area contributed by atoms with Crippen LogP contribution in [0.2, 0.25) is 0 Å². The van der Waals surface area contributed by atoms with E-state index in [0.717, 1.165) is 66.1 Å². The number of benzene rings is 3. The molecule has 1 aliphatic heterocycles. The van der Waals surface area contributed by atoms with E-state index in [-0.39, 0.29) is 55.6 Å². The highest BCUT2D eigenvalue weighted by Crippen LogP contribution is 2.30. The summed E-state index contributed by atoms with van der Waals surface area (Å²) in [6.07, 6.45) is 4.31. The van der Waals surface area contributed by atoms with Crippen LogP contribution < -0.4 is 26.7 Å². The van der Waals surface area contributed by atoms with E-state index >= 15 is 0 Å². The number of hydroxylamine groups is 1. The number of unbranched alkanes of at least 4 members (excludes halogenated alkanes) is 4. The van der Waals surface area contributed by atoms with Crippen LogP contribution >= 0.6 is 33.9 Å². The Bertz CT molecular complexity index is 2220. The van der Waals surface area contributed by atoms with Gasteiger partial charge in [0.15, 0.2) is 11.6 Å². The zero-order valence-electron chi connectivity index (χ0n) is 36.5. The van der Waals surface area contributed by atoms with Crippen LogP contribution in [0.5, 0.6) is 0 Å². The molecule has 6 N–H and O–H groups in total. The fraction of sp³-hybridized carbons (Fsp3) is 0.457. The third kappa shape index (κ3) is 14.4. The lowest BCUT2D eigenvalue weighted by Crippen LogP contribution is -2.57. The van der Waals surface area contributed by atoms with Crippen LogP contribution in [0.25, 0.3) is 10.4 Å². The maximum Gasteiger partial charge on any atom is 0.277 e. The molecule has 4 aromatic rings. The summed E-state index contributed by atoms with van der Waals surface area (Å²) in [5.41, 5.74) is 5.40. The SMILES string of the molecule is Cc1ncsc1-c1ccc(CNC(=O)C2CC(O)CN2C(=O)C(NC(=O)CCCCCCCNCCCONC(=O)c2ccc(F)c(F)c2Nc2ccc(I)cc2F)C(C)(C)C)cc1. The summed E-state index contributed by atoms with van der Waals surface area (Å²) in [6.45, 7) is 9.33. The molecule has 3 atom stereocenters. The number of hydrogen-bond acceptors (Lipinski definition) is 10. The van der Waals surface area contributed by atoms with Crippen LogP contribution in [-0.4, -0.2) is 83.0 Å². The number of aromatic nitrogens is 1. The van der Waals surface area contributed by atoms with Gasteiger partial charge in [-0.1, -0.05) is 64.3 Å². The highest BCUT2D eigenvalue weighted by Gasteiger charge is 2.44. The largest absolute Gasteiger partial charge is 0.391 e. The minimum Gasteiger partial charge on any atom is -0.391 e. The first-order valence-electron chi connectivity index (χ1n) is 21.4. The summed E-state index contributed by atoms with van der Waals surface area (Å²) in [5, 5.41) is 22.2. The zero-order valence-corrected chi connectivity index (χ0v) is 39.5. The monoisotopic (exact) mass is 1020 g/mol. The first-order valence-corrected chi connectivity index (χ1v) is 23.4. The van der Waals surface area contributed by atoms with Crippen molar-refractivity contribution in [3.63, 3.8) is 0 Å². The van der Waals surface area contributed by atoms with E-state index < -0.39 is 58.6 Å². The Hall–Kier alpha value is -4.63. The van der Waals surface area contributed by atoms with Gasteiger partial charge in [-0.05, 0) is 109 Å². The number of β-amino-alcohol motifs (C(OH)–C–C–N with tert-alkyl or cyclic N) is 1. The number of amides is 4. The molecule has 64 heavy (non-hydrogen) atoms. The summed E-state index contributed by atoms with van der Waals surface area (Å²) in [5.74, 6) is -5.04. The average Bonchev–Trinajstić information content (AvgIpc) is 3.87. The predicted octanol–water partition coefficient (Wildman–Crippen LogP) is 7.67. The number of carbonyl (C=O) groups excluding carboxylic acids is 4. The molecule has 0 radical (unpaired) electrons. The van der Waals surface area contributed by atoms with Crippen LogP contribution in [0.3, 0.4) is 0 Å². The lowest BCUT2D eigenvalue weighted by molar-refractivity contribution is -0.144. The number of hydrogen-bond donors (Lipinski definition) is 6. The summed E-state index contributed by atoms with van der Waals surface area (Å²) >= 11 is 3.49. The Morgan fingerprint density at radius 3 is 2.38 bits per heavy atom. The van der Waals surface area contributed by atoms with E-state index in [4.69, 9.17) is 4.84 Å². The van der Waals surface area contributed by atoms with Gasteiger partial charge in [0, 0.05) is 29.5 Å². The van der Waals surface area contributed by atoms with E-state index in [9.17, 15) is 37.5 Å². The quantitative estimate of drug-likeness (QED) is 0.0262. The Morgan fingerprint density at radius 1 is 0.953 bits per heavy atom. The van der Waals surface area contributed by atoms with Crippen LogP contribution in [0.15, 0.2) is 60.1 Å². The molecule has 346 valence electrons. The summed E-state index contributed by atoms with van der Waals surface area (Å²) < 4.78 is 43.7. The third-order valence-electron chi connectivity index (χ3n) is 10.8. The van der Waals surface area contributed by atoms with Crippen molar-refractivity contribution in [1.29, 1.82) is 0 Å². The van der Waals surface area contributed by atoms with Gasteiger partial charge in [-0.2, -0.15) is 0 Å². The molecule has 1 aromatic heterocycles. The zero-order chi connectivity index (χ0) is 46.4. The molecule has 1 fully saturated rings. The Balaban J connectivity index is 0.945. The van der Waals surface area contributed by atoms with Gasteiger partial charge in [0.25, 0.3) is 5.91 Å². The molecule has 4 amide bonds. The second-order valence-corrected chi connectivity index (χ2v) is 19.0. The number of likely N-dealkylation sites (tertiary alicyclic amines) is 1. The Morgan fingerprint density at radius 2 is 1.67 bits per heavy atom. The Labute approximate surface area is 389 Å². The number of aliphatic hydroxyl groups excluding tert-OH is 1. The van der Waals surface area contributed by atoms with E-state index in [0.29, 0.717) is 23.0 Å². The fourth-order valence-electron chi connectivity index (χ4n) is 7.23. The first kappa shape index (κ1) is 50.4. The number of halogens is 4. The number of anilines is 2. The standard InChI is InChI=1S/C46H57F3IN7O6S/c1-28-41(64-27-53-28)30-14-12-29(13-15-30)25-52-44(61)37-24-32(58)26-57(37)45(62)42(46(2,3)4)55-38(59)11-8-6-5-7-9-20-51-21-10-22-63-56-43(60)33-17-18-34(47)39(49)40(33)54-36-19-16-31(50)23-35(36)48/h12-19,23,27,32,37,42,51,54,58H,5-11,20-22,24-26H2,1-4H3,(H,52,61)(H,55,59)(H,56,60). The topological polar surface area (TPSA) is 174 Å². The molecule has 3 unspecified atom stereocenters.